The van der Waals surface area contributed by atoms with Gasteiger partial charge in [0.1, 0.15) is 18.5 Å². The molecule has 0 unspecified atom stereocenters. The van der Waals surface area contributed by atoms with Crippen LogP contribution < -0.4 is 5.32 Å². The van der Waals surface area contributed by atoms with Gasteiger partial charge in [0.2, 0.25) is 11.7 Å². The lowest BCUT2D eigenvalue weighted by molar-refractivity contribution is -0.140. The number of aromatic nitrogens is 2. The van der Waals surface area contributed by atoms with Crippen molar-refractivity contribution < 1.29 is 23.2 Å². The van der Waals surface area contributed by atoms with Gasteiger partial charge in [-0.3, -0.25) is 0 Å². The van der Waals surface area contributed by atoms with Crippen molar-refractivity contribution >= 4 is 17.7 Å². The summed E-state index contributed by atoms with van der Waals surface area (Å²) in [5.74, 6) is -0.548. The molecule has 0 amide bonds. The van der Waals surface area contributed by atoms with Crippen molar-refractivity contribution in [1.82, 2.24) is 15.5 Å². The van der Waals surface area contributed by atoms with E-state index in [-0.39, 0.29) is 37.0 Å². The number of rotatable bonds is 10. The lowest BCUT2D eigenvalue weighted by Crippen LogP contribution is -2.19. The first-order valence-corrected chi connectivity index (χ1v) is 9.57. The molecule has 8 nitrogen and oxygen atoms in total. The van der Waals surface area contributed by atoms with Gasteiger partial charge in [-0.25, -0.2) is 9.18 Å². The fourth-order valence-electron chi connectivity index (χ4n) is 2.06. The van der Waals surface area contributed by atoms with Crippen LogP contribution in [0, 0.1) is 17.1 Å². The molecule has 10 heteroatoms. The summed E-state index contributed by atoms with van der Waals surface area (Å²) >= 11 is 1.18. The third kappa shape index (κ3) is 6.07. The van der Waals surface area contributed by atoms with E-state index in [1.165, 1.54) is 36.0 Å². The molecular formula is C18H19FN4O4S. The lowest BCUT2D eigenvalue weighted by atomic mass is 10.2. The summed E-state index contributed by atoms with van der Waals surface area (Å²) in [5, 5.41) is 16.4. The zero-order chi connectivity index (χ0) is 20.4. The van der Waals surface area contributed by atoms with Crippen LogP contribution in [-0.2, 0) is 20.8 Å². The van der Waals surface area contributed by atoms with E-state index in [4.69, 9.17) is 14.0 Å². The number of carbonyl (C=O) groups excluding carboxylic acids is 1. The Labute approximate surface area is 165 Å². The van der Waals surface area contributed by atoms with Crippen LogP contribution in [0.1, 0.15) is 12.8 Å². The first kappa shape index (κ1) is 21.4. The number of hydrogen-bond acceptors (Lipinski definition) is 9. The van der Waals surface area contributed by atoms with Crippen LogP contribution >= 0.6 is 11.8 Å². The first-order valence-electron chi connectivity index (χ1n) is 8.34. The SMILES string of the molecule is CCOCCOC(=O)/C(C#N)=C(\NCc1nc(-c2ccc(F)cc2)no1)SC. The topological polar surface area (TPSA) is 110 Å². The number of nitrogens with zero attached hydrogens (tertiary/aromatic N) is 3. The number of esters is 1. The Morgan fingerprint density at radius 2 is 2.11 bits per heavy atom. The highest BCUT2D eigenvalue weighted by Gasteiger charge is 2.18. The van der Waals surface area contributed by atoms with E-state index in [2.05, 4.69) is 15.5 Å². The summed E-state index contributed by atoms with van der Waals surface area (Å²) in [4.78, 5) is 16.3. The maximum absolute atomic E-state index is 13.0. The molecule has 0 fully saturated rings. The van der Waals surface area contributed by atoms with Crippen LogP contribution in [0.25, 0.3) is 11.4 Å². The van der Waals surface area contributed by atoms with Crippen LogP contribution in [0.2, 0.25) is 0 Å². The molecule has 0 bridgehead atoms. The molecular weight excluding hydrogens is 387 g/mol. The average molecular weight is 406 g/mol. The molecule has 1 N–H and O–H groups in total. The van der Waals surface area contributed by atoms with Crippen molar-refractivity contribution in [3.05, 3.63) is 46.6 Å². The predicted molar refractivity (Wildman–Crippen MR) is 100 cm³/mol. The Balaban J connectivity index is 2.01. The number of thioether (sulfide) groups is 1. The van der Waals surface area contributed by atoms with Crippen LogP contribution in [0.5, 0.6) is 0 Å². The Morgan fingerprint density at radius 1 is 1.36 bits per heavy atom. The summed E-state index contributed by atoms with van der Waals surface area (Å²) < 4.78 is 28.3. The second kappa shape index (κ2) is 11.1. The van der Waals surface area contributed by atoms with Gasteiger partial charge < -0.3 is 19.3 Å². The van der Waals surface area contributed by atoms with E-state index in [0.29, 0.717) is 23.0 Å². The number of halogens is 1. The Hall–Kier alpha value is -2.90. The fraction of sp³-hybridized carbons (Fsp3) is 0.333. The van der Waals surface area contributed by atoms with Crippen LogP contribution in [0.3, 0.4) is 0 Å². The van der Waals surface area contributed by atoms with Gasteiger partial charge >= 0.3 is 5.97 Å². The van der Waals surface area contributed by atoms with Gasteiger partial charge in [0, 0.05) is 12.2 Å². The van der Waals surface area contributed by atoms with Crippen molar-refractivity contribution in [2.75, 3.05) is 26.1 Å². The zero-order valence-electron chi connectivity index (χ0n) is 15.4. The van der Waals surface area contributed by atoms with E-state index >= 15 is 0 Å². The highest BCUT2D eigenvalue weighted by Crippen LogP contribution is 2.18. The van der Waals surface area contributed by atoms with Gasteiger partial charge in [0.15, 0.2) is 5.57 Å². The van der Waals surface area contributed by atoms with E-state index in [1.807, 2.05) is 13.0 Å². The van der Waals surface area contributed by atoms with E-state index in [1.54, 1.807) is 6.26 Å². The minimum atomic E-state index is -0.739. The minimum Gasteiger partial charge on any atom is -0.459 e. The predicted octanol–water partition coefficient (Wildman–Crippen LogP) is 2.64. The highest BCUT2D eigenvalue weighted by atomic mass is 32.2. The van der Waals surface area contributed by atoms with Gasteiger partial charge in [-0.2, -0.15) is 10.2 Å². The number of benzene rings is 1. The van der Waals surface area contributed by atoms with E-state index in [0.717, 1.165) is 0 Å². The van der Waals surface area contributed by atoms with Gasteiger partial charge in [-0.15, -0.1) is 11.8 Å². The smallest absolute Gasteiger partial charge is 0.351 e. The number of carbonyl (C=O) groups is 1. The van der Waals surface area contributed by atoms with Crippen molar-refractivity contribution in [3.63, 3.8) is 0 Å². The molecule has 0 aliphatic rings. The van der Waals surface area contributed by atoms with Gasteiger partial charge in [0.05, 0.1) is 18.2 Å². The normalized spacial score (nSPS) is 11.5. The molecule has 0 atom stereocenters. The first-order chi connectivity index (χ1) is 13.6. The molecule has 0 saturated carbocycles. The summed E-state index contributed by atoms with van der Waals surface area (Å²) in [5.41, 5.74) is 0.454. The zero-order valence-corrected chi connectivity index (χ0v) is 16.2. The summed E-state index contributed by atoms with van der Waals surface area (Å²) in [6.45, 7) is 2.76. The van der Waals surface area contributed by atoms with Crippen molar-refractivity contribution in [1.29, 1.82) is 5.26 Å². The molecule has 0 radical (unpaired) electrons. The Kier molecular flexibility index (Phi) is 8.45. The van der Waals surface area contributed by atoms with Gasteiger partial charge in [0.25, 0.3) is 0 Å². The molecule has 28 heavy (non-hydrogen) atoms. The van der Waals surface area contributed by atoms with Crippen molar-refractivity contribution in [2.45, 2.75) is 13.5 Å². The molecule has 148 valence electrons. The Morgan fingerprint density at radius 3 is 2.75 bits per heavy atom. The number of nitrogens with one attached hydrogen (secondary N) is 1. The Bertz CT molecular complexity index is 861. The molecule has 1 aromatic carbocycles. The maximum atomic E-state index is 13.0. The minimum absolute atomic E-state index is 0.0597. The number of hydrogen-bond donors (Lipinski definition) is 1. The molecule has 0 aliphatic heterocycles. The van der Waals surface area contributed by atoms with Crippen molar-refractivity contribution in [3.8, 4) is 17.5 Å². The van der Waals surface area contributed by atoms with E-state index < -0.39 is 5.97 Å². The molecule has 1 aromatic heterocycles. The number of nitriles is 1. The third-order valence-electron chi connectivity index (χ3n) is 3.38. The van der Waals surface area contributed by atoms with Gasteiger partial charge in [-0.1, -0.05) is 5.16 Å². The third-order valence-corrected chi connectivity index (χ3v) is 4.14. The second-order valence-corrected chi connectivity index (χ2v) is 6.04. The monoisotopic (exact) mass is 406 g/mol. The molecule has 0 saturated heterocycles. The molecule has 0 aliphatic carbocycles. The number of ether oxygens (including phenoxy) is 2. The molecule has 2 aromatic rings. The molecule has 1 heterocycles. The second-order valence-electron chi connectivity index (χ2n) is 5.23. The summed E-state index contributed by atoms with van der Waals surface area (Å²) in [6.07, 6.45) is 1.71. The van der Waals surface area contributed by atoms with Crippen molar-refractivity contribution in [2.24, 2.45) is 0 Å². The van der Waals surface area contributed by atoms with E-state index in [9.17, 15) is 14.4 Å². The highest BCUT2D eigenvalue weighted by molar-refractivity contribution is 8.02. The van der Waals surface area contributed by atoms with Gasteiger partial charge in [-0.05, 0) is 37.4 Å². The lowest BCUT2D eigenvalue weighted by Gasteiger charge is -2.09. The standard InChI is InChI=1S/C18H19FN4O4S/c1-3-25-8-9-26-18(24)14(10-20)17(28-2)21-11-15-22-16(23-27-15)12-4-6-13(19)7-5-12/h4-7,21H,3,8-9,11H2,1-2H3/b17-14+. The van der Waals surface area contributed by atoms with Crippen LogP contribution in [0.4, 0.5) is 4.39 Å². The maximum Gasteiger partial charge on any atom is 0.351 e. The van der Waals surface area contributed by atoms with Crippen LogP contribution in [-0.4, -0.2) is 42.2 Å². The largest absolute Gasteiger partial charge is 0.459 e. The molecule has 0 spiro atoms. The quantitative estimate of drug-likeness (QED) is 0.275. The average Bonchev–Trinajstić information content (AvgIpc) is 3.18. The summed E-state index contributed by atoms with van der Waals surface area (Å²) in [6, 6.07) is 7.52. The summed E-state index contributed by atoms with van der Waals surface area (Å²) in [7, 11) is 0. The fourth-order valence-corrected chi connectivity index (χ4v) is 2.61. The molecule has 2 rings (SSSR count). The van der Waals surface area contributed by atoms with Crippen LogP contribution in [0.15, 0.2) is 39.4 Å².